The summed E-state index contributed by atoms with van der Waals surface area (Å²) in [5, 5.41) is 7.40. The highest BCUT2D eigenvalue weighted by atomic mass is 79.9. The summed E-state index contributed by atoms with van der Waals surface area (Å²) in [5.74, 6) is 0. The number of nitrogens with one attached hydrogen (secondary N) is 2. The van der Waals surface area contributed by atoms with Gasteiger partial charge in [-0.3, -0.25) is 0 Å². The van der Waals surface area contributed by atoms with E-state index in [2.05, 4.69) is 26.6 Å². The van der Waals surface area contributed by atoms with E-state index in [0.29, 0.717) is 15.0 Å². The molecule has 0 spiro atoms. The monoisotopic (exact) mass is 460 g/mol. The summed E-state index contributed by atoms with van der Waals surface area (Å²) >= 11 is 14.8. The Balaban J connectivity index is 2.08. The normalized spacial score (nSPS) is 12.5. The summed E-state index contributed by atoms with van der Waals surface area (Å²) in [7, 11) is -3.20. The van der Waals surface area contributed by atoms with Gasteiger partial charge in [0.15, 0.2) is 14.9 Å². The molecule has 134 valence electrons. The van der Waals surface area contributed by atoms with Crippen LogP contribution in [0, 0.1) is 0 Å². The number of sulfone groups is 1. The molecule has 0 radical (unpaired) electrons. The van der Waals surface area contributed by atoms with E-state index in [1.807, 2.05) is 19.1 Å². The zero-order chi connectivity index (χ0) is 18.6. The highest BCUT2D eigenvalue weighted by molar-refractivity contribution is 9.10. The van der Waals surface area contributed by atoms with E-state index in [4.69, 9.17) is 23.8 Å². The highest BCUT2D eigenvalue weighted by Gasteiger charge is 2.13. The molecule has 0 heterocycles. The Kier molecular flexibility index (Phi) is 6.85. The first-order valence-electron chi connectivity index (χ1n) is 7.53. The summed E-state index contributed by atoms with van der Waals surface area (Å²) in [4.78, 5) is 0.302. The summed E-state index contributed by atoms with van der Waals surface area (Å²) in [6.07, 6.45) is 1.99. The largest absolute Gasteiger partial charge is 0.356 e. The van der Waals surface area contributed by atoms with Crippen LogP contribution in [0.25, 0.3) is 0 Å². The lowest BCUT2D eigenvalue weighted by molar-refractivity contribution is 0.601. The van der Waals surface area contributed by atoms with Gasteiger partial charge < -0.3 is 10.6 Å². The Bertz CT molecular complexity index is 871. The minimum absolute atomic E-state index is 0.0282. The van der Waals surface area contributed by atoms with Gasteiger partial charge in [-0.2, -0.15) is 0 Å². The number of anilines is 1. The fourth-order valence-electron chi connectivity index (χ4n) is 2.27. The molecule has 25 heavy (non-hydrogen) atoms. The van der Waals surface area contributed by atoms with Crippen molar-refractivity contribution in [3.05, 3.63) is 57.5 Å². The maximum Gasteiger partial charge on any atom is 0.175 e. The first kappa shape index (κ1) is 20.2. The Labute approximate surface area is 167 Å². The van der Waals surface area contributed by atoms with Crippen molar-refractivity contribution in [2.75, 3.05) is 11.6 Å². The predicted molar refractivity (Wildman–Crippen MR) is 111 cm³/mol. The molecule has 1 atom stereocenters. The molecule has 2 rings (SSSR count). The molecule has 2 aromatic rings. The van der Waals surface area contributed by atoms with Gasteiger partial charge in [-0.05, 0) is 70.5 Å². The third-order valence-electron chi connectivity index (χ3n) is 3.60. The number of thiocarbonyl (C=S) groups is 1. The van der Waals surface area contributed by atoms with E-state index >= 15 is 0 Å². The quantitative estimate of drug-likeness (QED) is 0.617. The highest BCUT2D eigenvalue weighted by Crippen LogP contribution is 2.26. The summed E-state index contributed by atoms with van der Waals surface area (Å²) < 4.78 is 23.9. The minimum atomic E-state index is -3.20. The second kappa shape index (κ2) is 8.49. The van der Waals surface area contributed by atoms with Crippen LogP contribution >= 0.6 is 39.7 Å². The Morgan fingerprint density at radius 3 is 2.40 bits per heavy atom. The van der Waals surface area contributed by atoms with Crippen LogP contribution in [0.5, 0.6) is 0 Å². The standard InChI is InChI=1S/C17H18BrClN2O2S2/c1-3-16(11-4-7-13(8-5-11)25(2,22)23)21-17(24)20-12-6-9-14(18)15(19)10-12/h4-10,16H,3H2,1-2H3,(H2,20,21,24)/t16-/m1/s1. The lowest BCUT2D eigenvalue weighted by Gasteiger charge is -2.20. The Morgan fingerprint density at radius 2 is 1.88 bits per heavy atom. The van der Waals surface area contributed by atoms with Gasteiger partial charge in [0.1, 0.15) is 0 Å². The molecule has 4 nitrogen and oxygen atoms in total. The zero-order valence-electron chi connectivity index (χ0n) is 13.7. The molecular weight excluding hydrogens is 444 g/mol. The van der Waals surface area contributed by atoms with E-state index < -0.39 is 9.84 Å². The number of hydrogen-bond acceptors (Lipinski definition) is 3. The van der Waals surface area contributed by atoms with Gasteiger partial charge >= 0.3 is 0 Å². The van der Waals surface area contributed by atoms with Crippen molar-refractivity contribution < 1.29 is 8.42 Å². The van der Waals surface area contributed by atoms with Crippen LogP contribution in [-0.4, -0.2) is 19.8 Å². The summed E-state index contributed by atoms with van der Waals surface area (Å²) in [5.41, 5.74) is 1.75. The summed E-state index contributed by atoms with van der Waals surface area (Å²) in [6.45, 7) is 2.03. The van der Waals surface area contributed by atoms with Crippen LogP contribution in [0.15, 0.2) is 51.8 Å². The zero-order valence-corrected chi connectivity index (χ0v) is 17.7. The SMILES string of the molecule is CC[C@@H](NC(=S)Nc1ccc(Br)c(Cl)c1)c1ccc(S(C)(=O)=O)cc1. The van der Waals surface area contributed by atoms with Crippen molar-refractivity contribution in [3.63, 3.8) is 0 Å². The van der Waals surface area contributed by atoms with Crippen molar-refractivity contribution in [3.8, 4) is 0 Å². The number of benzene rings is 2. The van der Waals surface area contributed by atoms with Crippen LogP contribution in [0.3, 0.4) is 0 Å². The molecule has 0 saturated heterocycles. The molecular formula is C17H18BrClN2O2S2. The third-order valence-corrected chi connectivity index (χ3v) is 6.18. The Hall–Kier alpha value is -1.15. The van der Waals surface area contributed by atoms with Crippen LogP contribution in [0.4, 0.5) is 5.69 Å². The van der Waals surface area contributed by atoms with Gasteiger partial charge in [-0.1, -0.05) is 30.7 Å². The predicted octanol–water partition coefficient (Wildman–Crippen LogP) is 4.94. The molecule has 0 unspecified atom stereocenters. The molecule has 0 aliphatic heterocycles. The van der Waals surface area contributed by atoms with E-state index in [9.17, 15) is 8.42 Å². The first-order valence-corrected chi connectivity index (χ1v) is 11.0. The number of hydrogen-bond donors (Lipinski definition) is 2. The summed E-state index contributed by atoms with van der Waals surface area (Å²) in [6, 6.07) is 12.3. The van der Waals surface area contributed by atoms with E-state index in [-0.39, 0.29) is 6.04 Å². The van der Waals surface area contributed by atoms with E-state index in [1.165, 1.54) is 6.26 Å². The second-order valence-corrected chi connectivity index (χ2v) is 9.21. The maximum absolute atomic E-state index is 11.6. The average molecular weight is 462 g/mol. The van der Waals surface area contributed by atoms with Gasteiger partial charge in [0.25, 0.3) is 0 Å². The topological polar surface area (TPSA) is 58.2 Å². The number of halogens is 2. The lowest BCUT2D eigenvalue weighted by atomic mass is 10.1. The molecule has 0 fully saturated rings. The second-order valence-electron chi connectivity index (χ2n) is 5.53. The molecule has 0 aliphatic rings. The lowest BCUT2D eigenvalue weighted by Crippen LogP contribution is -2.32. The van der Waals surface area contributed by atoms with E-state index in [0.717, 1.165) is 22.1 Å². The van der Waals surface area contributed by atoms with Crippen molar-refractivity contribution in [2.24, 2.45) is 0 Å². The van der Waals surface area contributed by atoms with Crippen LogP contribution < -0.4 is 10.6 Å². The molecule has 0 bridgehead atoms. The molecule has 0 aliphatic carbocycles. The van der Waals surface area contributed by atoms with Gasteiger partial charge in [0, 0.05) is 16.4 Å². The molecule has 0 amide bonds. The van der Waals surface area contributed by atoms with Crippen LogP contribution in [-0.2, 0) is 9.84 Å². The smallest absolute Gasteiger partial charge is 0.175 e. The average Bonchev–Trinajstić information content (AvgIpc) is 2.55. The first-order chi connectivity index (χ1) is 11.7. The van der Waals surface area contributed by atoms with Gasteiger partial charge in [-0.25, -0.2) is 8.42 Å². The van der Waals surface area contributed by atoms with Crippen LogP contribution in [0.2, 0.25) is 5.02 Å². The minimum Gasteiger partial charge on any atom is -0.356 e. The van der Waals surface area contributed by atoms with Crippen LogP contribution in [0.1, 0.15) is 24.9 Å². The van der Waals surface area contributed by atoms with Crippen molar-refractivity contribution in [1.29, 1.82) is 0 Å². The van der Waals surface area contributed by atoms with Crippen molar-refractivity contribution >= 4 is 60.4 Å². The Morgan fingerprint density at radius 1 is 1.24 bits per heavy atom. The molecule has 2 N–H and O–H groups in total. The van der Waals surface area contributed by atoms with Gasteiger partial charge in [0.05, 0.1) is 16.0 Å². The molecule has 0 aromatic heterocycles. The number of rotatable bonds is 5. The van der Waals surface area contributed by atoms with Crippen molar-refractivity contribution in [1.82, 2.24) is 5.32 Å². The fraction of sp³-hybridized carbons (Fsp3) is 0.235. The van der Waals surface area contributed by atoms with Gasteiger partial charge in [0.2, 0.25) is 0 Å². The third kappa shape index (κ3) is 5.67. The molecule has 2 aromatic carbocycles. The maximum atomic E-state index is 11.6. The van der Waals surface area contributed by atoms with Crippen molar-refractivity contribution in [2.45, 2.75) is 24.3 Å². The molecule has 0 saturated carbocycles. The van der Waals surface area contributed by atoms with Gasteiger partial charge in [-0.15, -0.1) is 0 Å². The molecule has 8 heteroatoms. The van der Waals surface area contributed by atoms with E-state index in [1.54, 1.807) is 30.3 Å². The fourth-order valence-corrected chi connectivity index (χ4v) is 3.59.